The van der Waals surface area contributed by atoms with E-state index in [4.69, 9.17) is 15.2 Å². The van der Waals surface area contributed by atoms with E-state index >= 15 is 0 Å². The van der Waals surface area contributed by atoms with E-state index in [1.165, 1.54) is 0 Å². The molecule has 0 bridgehead atoms. The average molecular weight is 372 g/mol. The van der Waals surface area contributed by atoms with E-state index in [9.17, 15) is 4.79 Å². The number of aromatic nitrogens is 1. The maximum absolute atomic E-state index is 11.3. The topological polar surface area (TPSA) is 74.4 Å². The molecule has 1 heterocycles. The summed E-state index contributed by atoms with van der Waals surface area (Å²) in [6.07, 6.45) is 4.83. The number of pyridine rings is 1. The minimum Gasteiger partial charge on any atom is -0.493 e. The Hall–Kier alpha value is -3.60. The van der Waals surface area contributed by atoms with E-state index in [0.29, 0.717) is 17.1 Å². The standard InChI is InChI=1S/C23H20N2O3/c1-27-21-10-7-16(12-22(21)28-2)17-11-19-18(8-9-20(19)25-13-17)14-3-5-15(6-4-14)23(24)26/h3-8,10-13H,9H2,1-2H3,(H2,24,26). The molecule has 2 aromatic carbocycles. The monoisotopic (exact) mass is 372 g/mol. The Bertz CT molecular complexity index is 1090. The zero-order chi connectivity index (χ0) is 19.7. The van der Waals surface area contributed by atoms with E-state index < -0.39 is 5.91 Å². The quantitative estimate of drug-likeness (QED) is 0.738. The summed E-state index contributed by atoms with van der Waals surface area (Å²) in [5.41, 5.74) is 12.1. The summed E-state index contributed by atoms with van der Waals surface area (Å²) in [4.78, 5) is 16.0. The molecule has 2 N–H and O–H groups in total. The molecular formula is C23H20N2O3. The number of primary amides is 1. The van der Waals surface area contributed by atoms with Gasteiger partial charge in [0.15, 0.2) is 11.5 Å². The highest BCUT2D eigenvalue weighted by atomic mass is 16.5. The van der Waals surface area contributed by atoms with Crippen molar-refractivity contribution >= 4 is 11.5 Å². The number of hydrogen-bond acceptors (Lipinski definition) is 4. The van der Waals surface area contributed by atoms with Gasteiger partial charge >= 0.3 is 0 Å². The van der Waals surface area contributed by atoms with Crippen LogP contribution in [0.5, 0.6) is 11.5 Å². The maximum atomic E-state index is 11.3. The second kappa shape index (κ2) is 7.19. The predicted octanol–water partition coefficient (Wildman–Crippen LogP) is 3.85. The first-order valence-electron chi connectivity index (χ1n) is 8.93. The number of amides is 1. The van der Waals surface area contributed by atoms with Crippen molar-refractivity contribution in [3.8, 4) is 22.6 Å². The largest absolute Gasteiger partial charge is 0.493 e. The van der Waals surface area contributed by atoms with Crippen LogP contribution in [0.15, 0.2) is 60.8 Å². The van der Waals surface area contributed by atoms with Crippen LogP contribution < -0.4 is 15.2 Å². The molecule has 0 atom stereocenters. The van der Waals surface area contributed by atoms with Gasteiger partial charge in [-0.05, 0) is 47.0 Å². The van der Waals surface area contributed by atoms with E-state index in [1.54, 1.807) is 26.4 Å². The van der Waals surface area contributed by atoms with E-state index in [0.717, 1.165) is 39.9 Å². The Morgan fingerprint density at radius 2 is 1.64 bits per heavy atom. The summed E-state index contributed by atoms with van der Waals surface area (Å²) in [7, 11) is 3.24. The van der Waals surface area contributed by atoms with Crippen molar-refractivity contribution in [3.05, 3.63) is 83.2 Å². The van der Waals surface area contributed by atoms with Crippen LogP contribution in [-0.4, -0.2) is 25.1 Å². The van der Waals surface area contributed by atoms with Gasteiger partial charge in [0.25, 0.3) is 0 Å². The Balaban J connectivity index is 1.72. The van der Waals surface area contributed by atoms with Gasteiger partial charge in [0, 0.05) is 29.3 Å². The molecule has 140 valence electrons. The minimum absolute atomic E-state index is 0.426. The van der Waals surface area contributed by atoms with E-state index in [2.05, 4.69) is 17.1 Å². The third kappa shape index (κ3) is 3.11. The van der Waals surface area contributed by atoms with Crippen molar-refractivity contribution in [2.75, 3.05) is 14.2 Å². The number of carbonyl (C=O) groups is 1. The fraction of sp³-hybridized carbons (Fsp3) is 0.130. The van der Waals surface area contributed by atoms with Crippen LogP contribution in [0.2, 0.25) is 0 Å². The second-order valence-electron chi connectivity index (χ2n) is 6.55. The van der Waals surface area contributed by atoms with Crippen LogP contribution in [0.25, 0.3) is 16.7 Å². The lowest BCUT2D eigenvalue weighted by molar-refractivity contribution is 0.100. The van der Waals surface area contributed by atoms with E-state index in [1.807, 2.05) is 36.5 Å². The molecule has 4 rings (SSSR count). The van der Waals surface area contributed by atoms with Crippen molar-refractivity contribution in [2.24, 2.45) is 5.73 Å². The van der Waals surface area contributed by atoms with Crippen molar-refractivity contribution in [1.82, 2.24) is 4.98 Å². The van der Waals surface area contributed by atoms with Gasteiger partial charge in [-0.2, -0.15) is 0 Å². The number of fused-ring (bicyclic) bond motifs is 1. The molecular weight excluding hydrogens is 352 g/mol. The first-order valence-corrected chi connectivity index (χ1v) is 8.93. The average Bonchev–Trinajstić information content (AvgIpc) is 3.16. The Kier molecular flexibility index (Phi) is 4.57. The predicted molar refractivity (Wildman–Crippen MR) is 109 cm³/mol. The summed E-state index contributed by atoms with van der Waals surface area (Å²) in [5.74, 6) is 0.943. The lowest BCUT2D eigenvalue weighted by Gasteiger charge is -2.12. The highest BCUT2D eigenvalue weighted by molar-refractivity contribution is 5.94. The molecule has 0 fully saturated rings. The van der Waals surface area contributed by atoms with Gasteiger partial charge in [0.05, 0.1) is 19.9 Å². The molecule has 0 spiro atoms. The molecule has 0 radical (unpaired) electrons. The van der Waals surface area contributed by atoms with E-state index in [-0.39, 0.29) is 0 Å². The zero-order valence-electron chi connectivity index (χ0n) is 15.7. The number of nitrogens with two attached hydrogens (primary N) is 1. The van der Waals surface area contributed by atoms with Gasteiger partial charge in [-0.25, -0.2) is 0 Å². The Morgan fingerprint density at radius 1 is 0.929 bits per heavy atom. The first-order chi connectivity index (χ1) is 13.6. The number of allylic oxidation sites excluding steroid dienone is 1. The second-order valence-corrected chi connectivity index (χ2v) is 6.55. The number of hydrogen-bond donors (Lipinski definition) is 1. The molecule has 1 amide bonds. The van der Waals surface area contributed by atoms with Crippen molar-refractivity contribution in [3.63, 3.8) is 0 Å². The van der Waals surface area contributed by atoms with Gasteiger partial charge in [-0.3, -0.25) is 9.78 Å². The normalized spacial score (nSPS) is 12.3. The number of benzene rings is 2. The molecule has 5 heteroatoms. The smallest absolute Gasteiger partial charge is 0.248 e. The van der Waals surface area contributed by atoms with Gasteiger partial charge in [0.2, 0.25) is 5.91 Å². The van der Waals surface area contributed by atoms with Gasteiger partial charge in [0.1, 0.15) is 0 Å². The molecule has 0 saturated carbocycles. The number of ether oxygens (including phenoxy) is 2. The van der Waals surface area contributed by atoms with Gasteiger partial charge < -0.3 is 15.2 Å². The summed E-state index contributed by atoms with van der Waals surface area (Å²) in [6.45, 7) is 0. The number of rotatable bonds is 5. The van der Waals surface area contributed by atoms with Gasteiger partial charge in [-0.1, -0.05) is 24.3 Å². The maximum Gasteiger partial charge on any atom is 0.248 e. The fourth-order valence-electron chi connectivity index (χ4n) is 3.46. The van der Waals surface area contributed by atoms with Crippen LogP contribution in [0.1, 0.15) is 27.2 Å². The SMILES string of the molecule is COc1ccc(-c2cnc3c(c2)C(c2ccc(C(N)=O)cc2)=CC3)cc1OC. The molecule has 1 aliphatic rings. The number of methoxy groups -OCH3 is 2. The van der Waals surface area contributed by atoms with Crippen molar-refractivity contribution < 1.29 is 14.3 Å². The highest BCUT2D eigenvalue weighted by Gasteiger charge is 2.18. The lowest BCUT2D eigenvalue weighted by Crippen LogP contribution is -2.10. The number of nitrogens with zero attached hydrogens (tertiary/aromatic N) is 1. The van der Waals surface area contributed by atoms with Crippen LogP contribution in [0.4, 0.5) is 0 Å². The molecule has 0 unspecified atom stereocenters. The van der Waals surface area contributed by atoms with Crippen LogP contribution in [0, 0.1) is 0 Å². The van der Waals surface area contributed by atoms with Crippen molar-refractivity contribution in [1.29, 1.82) is 0 Å². The molecule has 28 heavy (non-hydrogen) atoms. The molecule has 0 saturated heterocycles. The Morgan fingerprint density at radius 3 is 2.32 bits per heavy atom. The lowest BCUT2D eigenvalue weighted by atomic mass is 9.97. The fourth-order valence-corrected chi connectivity index (χ4v) is 3.46. The number of carbonyl (C=O) groups excluding carboxylic acids is 1. The first kappa shape index (κ1) is 17.8. The molecule has 5 nitrogen and oxygen atoms in total. The summed E-state index contributed by atoms with van der Waals surface area (Å²) in [5, 5.41) is 0. The minimum atomic E-state index is -0.426. The van der Waals surface area contributed by atoms with Gasteiger partial charge in [-0.15, -0.1) is 0 Å². The molecule has 3 aromatic rings. The summed E-state index contributed by atoms with van der Waals surface area (Å²) in [6, 6.07) is 15.3. The van der Waals surface area contributed by atoms with Crippen LogP contribution in [0.3, 0.4) is 0 Å². The Labute approximate surface area is 163 Å². The molecule has 1 aliphatic carbocycles. The van der Waals surface area contributed by atoms with Crippen LogP contribution in [-0.2, 0) is 6.42 Å². The summed E-state index contributed by atoms with van der Waals surface area (Å²) >= 11 is 0. The van der Waals surface area contributed by atoms with Crippen molar-refractivity contribution in [2.45, 2.75) is 6.42 Å². The molecule has 1 aromatic heterocycles. The molecule has 0 aliphatic heterocycles. The van der Waals surface area contributed by atoms with Crippen LogP contribution >= 0.6 is 0 Å². The third-order valence-electron chi connectivity index (χ3n) is 4.96. The highest BCUT2D eigenvalue weighted by Crippen LogP contribution is 2.36. The third-order valence-corrected chi connectivity index (χ3v) is 4.96. The zero-order valence-corrected chi connectivity index (χ0v) is 15.7. The summed E-state index contributed by atoms with van der Waals surface area (Å²) < 4.78 is 10.7.